The molecule has 3 amide bonds. The van der Waals surface area contributed by atoms with Crippen LogP contribution in [0.4, 0.5) is 8.78 Å². The predicted molar refractivity (Wildman–Crippen MR) is 118 cm³/mol. The van der Waals surface area contributed by atoms with Gasteiger partial charge in [-0.2, -0.15) is 0 Å². The van der Waals surface area contributed by atoms with Crippen molar-refractivity contribution in [2.75, 3.05) is 13.1 Å². The summed E-state index contributed by atoms with van der Waals surface area (Å²) in [6.45, 7) is 0.880. The first-order valence-corrected chi connectivity index (χ1v) is 11.4. The van der Waals surface area contributed by atoms with Gasteiger partial charge < -0.3 is 19.9 Å². The van der Waals surface area contributed by atoms with Crippen LogP contribution in [-0.4, -0.2) is 64.8 Å². The molecule has 3 saturated heterocycles. The largest absolute Gasteiger partial charge is 0.372 e. The lowest BCUT2D eigenvalue weighted by molar-refractivity contribution is -0.157. The number of benzene rings is 2. The van der Waals surface area contributed by atoms with Crippen LogP contribution in [0.25, 0.3) is 0 Å². The van der Waals surface area contributed by atoms with Crippen molar-refractivity contribution >= 4 is 29.3 Å². The second kappa shape index (κ2) is 8.96. The second-order valence-corrected chi connectivity index (χ2v) is 9.18. The summed E-state index contributed by atoms with van der Waals surface area (Å²) in [5.41, 5.74) is 0.973. The number of fused-ring (bicyclic) bond motifs is 2. The van der Waals surface area contributed by atoms with Crippen LogP contribution in [-0.2, 0) is 20.9 Å². The van der Waals surface area contributed by atoms with Gasteiger partial charge in [0.05, 0.1) is 23.8 Å². The highest BCUT2D eigenvalue weighted by molar-refractivity contribution is 6.31. The van der Waals surface area contributed by atoms with E-state index in [4.69, 9.17) is 16.3 Å². The fraction of sp³-hybridized carbons (Fsp3) is 0.375. The SMILES string of the molecule is O=C(N[C@H]1CCN2C(=O)[C@H]3C[C@H](OCc4ccc(F)cc4)CN3C(=O)[C@H]12)c1ccc(F)c(Cl)c1. The van der Waals surface area contributed by atoms with Crippen LogP contribution in [0.1, 0.15) is 28.8 Å². The second-order valence-electron chi connectivity index (χ2n) is 8.78. The van der Waals surface area contributed by atoms with Crippen molar-refractivity contribution in [2.45, 2.75) is 43.7 Å². The molecule has 0 saturated carbocycles. The molecule has 0 unspecified atom stereocenters. The minimum atomic E-state index is -0.792. The van der Waals surface area contributed by atoms with E-state index in [1.54, 1.807) is 12.1 Å². The first kappa shape index (κ1) is 22.7. The smallest absolute Gasteiger partial charge is 0.251 e. The zero-order valence-corrected chi connectivity index (χ0v) is 18.8. The van der Waals surface area contributed by atoms with Crippen molar-refractivity contribution in [3.63, 3.8) is 0 Å². The molecule has 3 fully saturated rings. The zero-order valence-electron chi connectivity index (χ0n) is 18.0. The third-order valence-corrected chi connectivity index (χ3v) is 6.95. The first-order chi connectivity index (χ1) is 16.3. The molecule has 7 nitrogen and oxygen atoms in total. The topological polar surface area (TPSA) is 79.0 Å². The Bertz CT molecular complexity index is 1150. The van der Waals surface area contributed by atoms with Gasteiger partial charge in [0.2, 0.25) is 11.8 Å². The number of amides is 3. The van der Waals surface area contributed by atoms with Crippen molar-refractivity contribution in [2.24, 2.45) is 0 Å². The van der Waals surface area contributed by atoms with Gasteiger partial charge in [-0.05, 0) is 42.3 Å². The molecule has 3 aliphatic heterocycles. The number of piperazine rings is 1. The highest BCUT2D eigenvalue weighted by atomic mass is 35.5. The molecule has 1 N–H and O–H groups in total. The molecular formula is C24H22ClF2N3O4. The number of hydrogen-bond donors (Lipinski definition) is 1. The van der Waals surface area contributed by atoms with E-state index < -0.39 is 29.8 Å². The maximum absolute atomic E-state index is 13.4. The Balaban J connectivity index is 1.25. The van der Waals surface area contributed by atoms with Crippen LogP contribution >= 0.6 is 11.6 Å². The fourth-order valence-electron chi connectivity index (χ4n) is 4.94. The van der Waals surface area contributed by atoms with Crippen LogP contribution in [0.3, 0.4) is 0 Å². The first-order valence-electron chi connectivity index (χ1n) is 11.0. The van der Waals surface area contributed by atoms with Crippen LogP contribution in [0.15, 0.2) is 42.5 Å². The third kappa shape index (κ3) is 4.14. The van der Waals surface area contributed by atoms with Crippen molar-refractivity contribution in [3.8, 4) is 0 Å². The molecular weight excluding hydrogens is 468 g/mol. The summed E-state index contributed by atoms with van der Waals surface area (Å²) < 4.78 is 32.4. The number of ether oxygens (including phenoxy) is 1. The number of hydrogen-bond acceptors (Lipinski definition) is 4. The molecule has 0 radical (unpaired) electrons. The highest BCUT2D eigenvalue weighted by Gasteiger charge is 2.55. The Morgan fingerprint density at radius 1 is 1.09 bits per heavy atom. The van der Waals surface area contributed by atoms with E-state index in [2.05, 4.69) is 5.32 Å². The molecule has 3 heterocycles. The van der Waals surface area contributed by atoms with Gasteiger partial charge >= 0.3 is 0 Å². The zero-order chi connectivity index (χ0) is 24.0. The number of nitrogens with one attached hydrogen (secondary N) is 1. The lowest BCUT2D eigenvalue weighted by atomic mass is 10.0. The molecule has 10 heteroatoms. The van der Waals surface area contributed by atoms with Gasteiger partial charge in [0, 0.05) is 25.1 Å². The van der Waals surface area contributed by atoms with Crippen LogP contribution in [0, 0.1) is 11.6 Å². The molecule has 2 aromatic rings. The van der Waals surface area contributed by atoms with E-state index in [-0.39, 0.29) is 47.5 Å². The number of rotatable bonds is 5. The third-order valence-electron chi connectivity index (χ3n) is 6.66. The fourth-order valence-corrected chi connectivity index (χ4v) is 5.12. The molecule has 2 aromatic carbocycles. The molecule has 3 aliphatic rings. The van der Waals surface area contributed by atoms with Gasteiger partial charge in [-0.25, -0.2) is 8.78 Å². The molecule has 178 valence electrons. The number of carbonyl (C=O) groups is 3. The quantitative estimate of drug-likeness (QED) is 0.700. The van der Waals surface area contributed by atoms with E-state index in [1.807, 2.05) is 0 Å². The normalized spacial score (nSPS) is 26.0. The van der Waals surface area contributed by atoms with Gasteiger partial charge in [0.15, 0.2) is 0 Å². The monoisotopic (exact) mass is 489 g/mol. The van der Waals surface area contributed by atoms with Gasteiger partial charge in [0.25, 0.3) is 5.91 Å². The number of carbonyl (C=O) groups excluding carboxylic acids is 3. The van der Waals surface area contributed by atoms with Gasteiger partial charge in [-0.15, -0.1) is 0 Å². The van der Waals surface area contributed by atoms with Crippen LogP contribution in [0.5, 0.6) is 0 Å². The Morgan fingerprint density at radius 3 is 2.59 bits per heavy atom. The van der Waals surface area contributed by atoms with Gasteiger partial charge in [0.1, 0.15) is 23.7 Å². The summed E-state index contributed by atoms with van der Waals surface area (Å²) >= 11 is 5.78. The Morgan fingerprint density at radius 2 is 1.85 bits per heavy atom. The standard InChI is InChI=1S/C24H22ClF2N3O4/c25-17-9-14(3-6-18(17)27)22(31)28-19-7-8-29-21(19)24(33)30-11-16(10-20(30)23(29)32)34-12-13-1-4-15(26)5-2-13/h1-6,9,16,19-21H,7-8,10-12H2,(H,28,31)/t16-,19-,20+,21-/m0/s1. The van der Waals surface area contributed by atoms with Gasteiger partial charge in [-0.1, -0.05) is 23.7 Å². The predicted octanol–water partition coefficient (Wildman–Crippen LogP) is 2.52. The maximum atomic E-state index is 13.4. The Labute approximate surface area is 199 Å². The molecule has 0 aromatic heterocycles. The number of nitrogens with zero attached hydrogens (tertiary/aromatic N) is 2. The van der Waals surface area contributed by atoms with Crippen molar-refractivity contribution < 1.29 is 27.9 Å². The van der Waals surface area contributed by atoms with E-state index in [0.29, 0.717) is 19.4 Å². The lowest BCUT2D eigenvalue weighted by Crippen LogP contribution is -2.64. The summed E-state index contributed by atoms with van der Waals surface area (Å²) in [6.07, 6.45) is 0.505. The summed E-state index contributed by atoms with van der Waals surface area (Å²) in [5, 5.41) is 2.64. The average Bonchev–Trinajstić information content (AvgIpc) is 3.44. The number of halogens is 3. The van der Waals surface area contributed by atoms with Gasteiger partial charge in [-0.3, -0.25) is 14.4 Å². The minimum absolute atomic E-state index is 0.154. The van der Waals surface area contributed by atoms with E-state index >= 15 is 0 Å². The molecule has 34 heavy (non-hydrogen) atoms. The minimum Gasteiger partial charge on any atom is -0.372 e. The van der Waals surface area contributed by atoms with Crippen LogP contribution < -0.4 is 5.32 Å². The lowest BCUT2D eigenvalue weighted by Gasteiger charge is -2.40. The molecule has 0 spiro atoms. The van der Waals surface area contributed by atoms with Crippen molar-refractivity contribution in [3.05, 3.63) is 70.2 Å². The molecule has 4 atom stereocenters. The summed E-state index contributed by atoms with van der Waals surface area (Å²) in [4.78, 5) is 42.2. The molecule has 5 rings (SSSR count). The van der Waals surface area contributed by atoms with Crippen molar-refractivity contribution in [1.82, 2.24) is 15.1 Å². The summed E-state index contributed by atoms with van der Waals surface area (Å²) in [6, 6.07) is 7.67. The van der Waals surface area contributed by atoms with E-state index in [1.165, 1.54) is 34.1 Å². The maximum Gasteiger partial charge on any atom is 0.251 e. The Hall–Kier alpha value is -3.04. The average molecular weight is 490 g/mol. The van der Waals surface area contributed by atoms with Crippen molar-refractivity contribution in [1.29, 1.82) is 0 Å². The summed E-state index contributed by atoms with van der Waals surface area (Å²) in [7, 11) is 0. The van der Waals surface area contributed by atoms with Crippen LogP contribution in [0.2, 0.25) is 5.02 Å². The summed E-state index contributed by atoms with van der Waals surface area (Å²) in [5.74, 6) is -1.83. The highest BCUT2D eigenvalue weighted by Crippen LogP contribution is 2.34. The van der Waals surface area contributed by atoms with E-state index in [9.17, 15) is 23.2 Å². The molecule has 0 bridgehead atoms. The Kier molecular flexibility index (Phi) is 5.99. The molecule has 0 aliphatic carbocycles. The van der Waals surface area contributed by atoms with E-state index in [0.717, 1.165) is 11.6 Å².